The lowest BCUT2D eigenvalue weighted by molar-refractivity contribution is -0.137. The zero-order chi connectivity index (χ0) is 13.5. The van der Waals surface area contributed by atoms with Crippen molar-refractivity contribution in [1.82, 2.24) is 9.88 Å². The fourth-order valence-corrected chi connectivity index (χ4v) is 2.02. The summed E-state index contributed by atoms with van der Waals surface area (Å²) >= 11 is 1.37. The Hall–Kier alpha value is -1.63. The first-order valence-corrected chi connectivity index (χ1v) is 6.59. The quantitative estimate of drug-likeness (QED) is 0.829. The molecule has 0 atom stereocenters. The van der Waals surface area contributed by atoms with Crippen LogP contribution in [-0.4, -0.2) is 40.6 Å². The van der Waals surface area contributed by atoms with Crippen LogP contribution >= 0.6 is 11.3 Å². The molecular formula is C11H17N3O3S. The number of aliphatic carboxylic acids is 1. The predicted octanol–water partition coefficient (Wildman–Crippen LogP) is 2.03. The smallest absolute Gasteiger partial charge is 0.323 e. The van der Waals surface area contributed by atoms with Crippen molar-refractivity contribution < 1.29 is 14.7 Å². The number of nitrogens with one attached hydrogen (secondary N) is 1. The first-order chi connectivity index (χ1) is 8.52. The maximum Gasteiger partial charge on any atom is 0.323 e. The first kappa shape index (κ1) is 14.4. The first-order valence-electron chi connectivity index (χ1n) is 5.71. The fourth-order valence-electron chi connectivity index (χ4n) is 1.29. The van der Waals surface area contributed by atoms with Crippen LogP contribution in [0.1, 0.15) is 25.5 Å². The summed E-state index contributed by atoms with van der Waals surface area (Å²) in [5.41, 5.74) is 0.964. The number of carboxylic acid groups (broad SMARTS) is 1. The largest absolute Gasteiger partial charge is 0.481 e. The summed E-state index contributed by atoms with van der Waals surface area (Å²) in [5, 5.41) is 13.6. The molecule has 0 bridgehead atoms. The van der Waals surface area contributed by atoms with Crippen molar-refractivity contribution in [3.05, 3.63) is 11.1 Å². The van der Waals surface area contributed by atoms with Crippen LogP contribution in [0.2, 0.25) is 0 Å². The number of nitrogens with zero attached hydrogens (tertiary/aromatic N) is 2. The van der Waals surface area contributed by atoms with Gasteiger partial charge >= 0.3 is 12.0 Å². The highest BCUT2D eigenvalue weighted by molar-refractivity contribution is 7.13. The molecule has 0 aliphatic carbocycles. The molecule has 18 heavy (non-hydrogen) atoms. The lowest BCUT2D eigenvalue weighted by Crippen LogP contribution is -2.33. The second-order valence-corrected chi connectivity index (χ2v) is 4.75. The molecule has 0 saturated heterocycles. The highest BCUT2D eigenvalue weighted by Gasteiger charge is 2.12. The number of thiazole rings is 1. The van der Waals surface area contributed by atoms with Crippen LogP contribution in [0.4, 0.5) is 9.93 Å². The third-order valence-electron chi connectivity index (χ3n) is 2.28. The number of carbonyl (C=O) groups is 2. The Labute approximate surface area is 110 Å². The predicted molar refractivity (Wildman–Crippen MR) is 70.0 cm³/mol. The number of rotatable bonds is 6. The van der Waals surface area contributed by atoms with Gasteiger partial charge in [0.25, 0.3) is 0 Å². The topological polar surface area (TPSA) is 82.5 Å². The number of aryl methyl sites for hydroxylation is 1. The van der Waals surface area contributed by atoms with Gasteiger partial charge in [0.2, 0.25) is 0 Å². The second kappa shape index (κ2) is 6.95. The van der Waals surface area contributed by atoms with Crippen LogP contribution < -0.4 is 5.32 Å². The minimum Gasteiger partial charge on any atom is -0.481 e. The number of carbonyl (C=O) groups excluding carboxylic acids is 1. The zero-order valence-corrected chi connectivity index (χ0v) is 11.3. The Morgan fingerprint density at radius 1 is 1.56 bits per heavy atom. The normalized spacial score (nSPS) is 10.1. The van der Waals surface area contributed by atoms with Crippen molar-refractivity contribution >= 4 is 28.5 Å². The number of hydrogen-bond acceptors (Lipinski definition) is 4. The summed E-state index contributed by atoms with van der Waals surface area (Å²) in [7, 11) is 1.55. The van der Waals surface area contributed by atoms with E-state index in [0.717, 1.165) is 18.5 Å². The molecular weight excluding hydrogens is 254 g/mol. The summed E-state index contributed by atoms with van der Waals surface area (Å²) in [4.78, 5) is 27.7. The van der Waals surface area contributed by atoms with Crippen molar-refractivity contribution in [2.45, 2.75) is 26.2 Å². The van der Waals surface area contributed by atoms with Crippen LogP contribution in [0.3, 0.4) is 0 Å². The van der Waals surface area contributed by atoms with E-state index in [9.17, 15) is 9.59 Å². The van der Waals surface area contributed by atoms with Gasteiger partial charge in [0.1, 0.15) is 0 Å². The second-order valence-electron chi connectivity index (χ2n) is 3.89. The monoisotopic (exact) mass is 271 g/mol. The molecule has 0 unspecified atom stereocenters. The molecule has 1 heterocycles. The number of urea groups is 1. The number of carboxylic acids is 1. The van der Waals surface area contributed by atoms with Gasteiger partial charge in [-0.05, 0) is 6.42 Å². The molecule has 2 N–H and O–H groups in total. The molecule has 1 aromatic rings. The summed E-state index contributed by atoms with van der Waals surface area (Å²) in [6, 6.07) is -0.339. The number of hydrogen-bond donors (Lipinski definition) is 2. The molecule has 2 amide bonds. The van der Waals surface area contributed by atoms with Gasteiger partial charge < -0.3 is 10.0 Å². The lowest BCUT2D eigenvalue weighted by atomic mass is 10.3. The molecule has 1 aromatic heterocycles. The molecule has 0 spiro atoms. The van der Waals surface area contributed by atoms with Gasteiger partial charge in [0, 0.05) is 19.0 Å². The molecule has 1 rings (SSSR count). The molecule has 0 saturated carbocycles. The maximum atomic E-state index is 11.7. The molecule has 6 nitrogen and oxygen atoms in total. The molecule has 100 valence electrons. The maximum absolute atomic E-state index is 11.7. The third kappa shape index (κ3) is 4.70. The van der Waals surface area contributed by atoms with E-state index < -0.39 is 5.97 Å². The SMILES string of the molecule is CCCc1csc(NC(=O)N(C)CCC(=O)O)n1. The molecule has 0 aromatic carbocycles. The standard InChI is InChI=1S/C11H17N3O3S/c1-3-4-8-7-18-10(12-8)13-11(17)14(2)6-5-9(15)16/h7H,3-6H2,1-2H3,(H,15,16)(H,12,13,17). The molecule has 0 aliphatic rings. The van der Waals surface area contributed by atoms with E-state index in [0.29, 0.717) is 5.13 Å². The van der Waals surface area contributed by atoms with E-state index in [-0.39, 0.29) is 19.0 Å². The van der Waals surface area contributed by atoms with E-state index in [1.807, 2.05) is 5.38 Å². The Kier molecular flexibility index (Phi) is 5.57. The van der Waals surface area contributed by atoms with Crippen LogP contribution in [0.15, 0.2) is 5.38 Å². The van der Waals surface area contributed by atoms with Crippen molar-refractivity contribution in [2.24, 2.45) is 0 Å². The van der Waals surface area contributed by atoms with E-state index in [4.69, 9.17) is 5.11 Å². The van der Waals surface area contributed by atoms with E-state index in [1.165, 1.54) is 16.2 Å². The van der Waals surface area contributed by atoms with E-state index in [1.54, 1.807) is 7.05 Å². The van der Waals surface area contributed by atoms with E-state index in [2.05, 4.69) is 17.2 Å². The third-order valence-corrected chi connectivity index (χ3v) is 3.09. The summed E-state index contributed by atoms with van der Waals surface area (Å²) in [6.07, 6.45) is 1.83. The van der Waals surface area contributed by atoms with Crippen LogP contribution in [0.25, 0.3) is 0 Å². The average molecular weight is 271 g/mol. The van der Waals surface area contributed by atoms with Crippen molar-refractivity contribution in [1.29, 1.82) is 0 Å². The molecule has 0 fully saturated rings. The lowest BCUT2D eigenvalue weighted by Gasteiger charge is -2.15. The molecule has 7 heteroatoms. The van der Waals surface area contributed by atoms with Crippen molar-refractivity contribution in [2.75, 3.05) is 18.9 Å². The molecule has 0 radical (unpaired) electrons. The molecule has 0 aliphatic heterocycles. The average Bonchev–Trinajstić information content (AvgIpc) is 2.73. The highest BCUT2D eigenvalue weighted by Crippen LogP contribution is 2.16. The Morgan fingerprint density at radius 2 is 2.28 bits per heavy atom. The van der Waals surface area contributed by atoms with Crippen LogP contribution in [0, 0.1) is 0 Å². The van der Waals surface area contributed by atoms with Gasteiger partial charge in [-0.3, -0.25) is 10.1 Å². The number of aromatic nitrogens is 1. The minimum atomic E-state index is -0.922. The fraction of sp³-hybridized carbons (Fsp3) is 0.545. The number of anilines is 1. The van der Waals surface area contributed by atoms with E-state index >= 15 is 0 Å². The Bertz CT molecular complexity index is 419. The zero-order valence-electron chi connectivity index (χ0n) is 10.5. The highest BCUT2D eigenvalue weighted by atomic mass is 32.1. The van der Waals surface area contributed by atoms with Crippen molar-refractivity contribution in [3.63, 3.8) is 0 Å². The van der Waals surface area contributed by atoms with Crippen LogP contribution in [0.5, 0.6) is 0 Å². The minimum absolute atomic E-state index is 0.0666. The Morgan fingerprint density at radius 3 is 2.89 bits per heavy atom. The van der Waals surface area contributed by atoms with Gasteiger partial charge in [-0.2, -0.15) is 0 Å². The van der Waals surface area contributed by atoms with Crippen molar-refractivity contribution in [3.8, 4) is 0 Å². The van der Waals surface area contributed by atoms with Gasteiger partial charge in [0.05, 0.1) is 12.1 Å². The van der Waals surface area contributed by atoms with Crippen LogP contribution in [-0.2, 0) is 11.2 Å². The summed E-state index contributed by atoms with van der Waals surface area (Å²) < 4.78 is 0. The summed E-state index contributed by atoms with van der Waals surface area (Å²) in [6.45, 7) is 2.24. The van der Waals surface area contributed by atoms with Gasteiger partial charge in [-0.1, -0.05) is 13.3 Å². The van der Waals surface area contributed by atoms with Gasteiger partial charge in [-0.15, -0.1) is 11.3 Å². The van der Waals surface area contributed by atoms with Gasteiger partial charge in [-0.25, -0.2) is 9.78 Å². The number of amides is 2. The summed E-state index contributed by atoms with van der Waals surface area (Å²) in [5.74, 6) is -0.922. The van der Waals surface area contributed by atoms with Gasteiger partial charge in [0.15, 0.2) is 5.13 Å². The Balaban J connectivity index is 2.44.